The van der Waals surface area contributed by atoms with Crippen LogP contribution in [0.5, 0.6) is 0 Å². The number of amides is 1. The summed E-state index contributed by atoms with van der Waals surface area (Å²) >= 11 is 0. The standard InChI is InChI=1S/C19H31NO/c1-6-7-8-16-9-11-17(12-10-16)19(21)20-13-18(14(2)3)15(4)5/h9-12,14-15,18H,6-8,13H2,1-5H3,(H,20,21). The van der Waals surface area contributed by atoms with Gasteiger partial charge in [-0.1, -0.05) is 53.2 Å². The number of rotatable bonds is 8. The Morgan fingerprint density at radius 3 is 2.10 bits per heavy atom. The maximum atomic E-state index is 12.2. The lowest BCUT2D eigenvalue weighted by molar-refractivity contribution is 0.0937. The molecule has 21 heavy (non-hydrogen) atoms. The molecule has 118 valence electrons. The Morgan fingerprint density at radius 1 is 1.05 bits per heavy atom. The SMILES string of the molecule is CCCCc1ccc(C(=O)NCC(C(C)C)C(C)C)cc1. The van der Waals surface area contributed by atoms with Crippen molar-refractivity contribution in [3.05, 3.63) is 35.4 Å². The molecule has 2 nitrogen and oxygen atoms in total. The van der Waals surface area contributed by atoms with Crippen LogP contribution in [0, 0.1) is 17.8 Å². The molecule has 0 saturated carbocycles. The third kappa shape index (κ3) is 5.91. The van der Waals surface area contributed by atoms with E-state index < -0.39 is 0 Å². The van der Waals surface area contributed by atoms with Gasteiger partial charge in [0.05, 0.1) is 0 Å². The molecule has 0 heterocycles. The van der Waals surface area contributed by atoms with Crippen LogP contribution in [0.3, 0.4) is 0 Å². The summed E-state index contributed by atoms with van der Waals surface area (Å²) in [4.78, 5) is 12.2. The number of hydrogen-bond acceptors (Lipinski definition) is 1. The molecule has 0 saturated heterocycles. The van der Waals surface area contributed by atoms with E-state index >= 15 is 0 Å². The van der Waals surface area contributed by atoms with Gasteiger partial charge in [-0.2, -0.15) is 0 Å². The van der Waals surface area contributed by atoms with Crippen LogP contribution in [-0.2, 0) is 6.42 Å². The predicted octanol–water partition coefficient (Wildman–Crippen LogP) is 4.69. The summed E-state index contributed by atoms with van der Waals surface area (Å²) in [5, 5.41) is 3.09. The van der Waals surface area contributed by atoms with Crippen molar-refractivity contribution in [2.45, 2.75) is 53.9 Å². The number of hydrogen-bond donors (Lipinski definition) is 1. The maximum Gasteiger partial charge on any atom is 0.251 e. The Kier molecular flexibility index (Phi) is 7.49. The second-order valence-corrected chi connectivity index (χ2v) is 6.66. The molecule has 1 N–H and O–H groups in total. The topological polar surface area (TPSA) is 29.1 Å². The van der Waals surface area contributed by atoms with Crippen molar-refractivity contribution in [2.75, 3.05) is 6.54 Å². The minimum absolute atomic E-state index is 0.0448. The van der Waals surface area contributed by atoms with Crippen molar-refractivity contribution in [3.63, 3.8) is 0 Å². The van der Waals surface area contributed by atoms with Gasteiger partial charge in [-0.25, -0.2) is 0 Å². The van der Waals surface area contributed by atoms with Crippen molar-refractivity contribution >= 4 is 5.91 Å². The average molecular weight is 289 g/mol. The smallest absolute Gasteiger partial charge is 0.251 e. The van der Waals surface area contributed by atoms with E-state index in [4.69, 9.17) is 0 Å². The molecule has 1 aromatic carbocycles. The fourth-order valence-electron chi connectivity index (χ4n) is 2.76. The second-order valence-electron chi connectivity index (χ2n) is 6.66. The highest BCUT2D eigenvalue weighted by molar-refractivity contribution is 5.94. The lowest BCUT2D eigenvalue weighted by atomic mass is 9.85. The zero-order valence-electron chi connectivity index (χ0n) is 14.3. The average Bonchev–Trinajstić information content (AvgIpc) is 2.44. The Labute approximate surface area is 130 Å². The van der Waals surface area contributed by atoms with Crippen LogP contribution in [0.1, 0.15) is 63.4 Å². The molecular formula is C19H31NO. The van der Waals surface area contributed by atoms with Crippen LogP contribution < -0.4 is 5.32 Å². The van der Waals surface area contributed by atoms with Crippen LogP contribution in [0.4, 0.5) is 0 Å². The molecule has 0 aliphatic heterocycles. The van der Waals surface area contributed by atoms with Crippen LogP contribution in [0.25, 0.3) is 0 Å². The summed E-state index contributed by atoms with van der Waals surface area (Å²) in [6, 6.07) is 8.04. The van der Waals surface area contributed by atoms with Crippen molar-refractivity contribution in [3.8, 4) is 0 Å². The van der Waals surface area contributed by atoms with E-state index in [1.54, 1.807) is 0 Å². The lowest BCUT2D eigenvalue weighted by Gasteiger charge is -2.25. The maximum absolute atomic E-state index is 12.2. The van der Waals surface area contributed by atoms with Crippen molar-refractivity contribution in [1.29, 1.82) is 0 Å². The molecule has 1 amide bonds. The molecule has 0 aliphatic rings. The summed E-state index contributed by atoms with van der Waals surface area (Å²) in [5.41, 5.74) is 2.08. The first-order chi connectivity index (χ1) is 9.95. The summed E-state index contributed by atoms with van der Waals surface area (Å²) in [6.45, 7) is 11.8. The molecule has 0 atom stereocenters. The monoisotopic (exact) mass is 289 g/mol. The number of carbonyl (C=O) groups excluding carboxylic acids is 1. The molecule has 0 aromatic heterocycles. The van der Waals surface area contributed by atoms with Gasteiger partial charge in [-0.3, -0.25) is 4.79 Å². The highest BCUT2D eigenvalue weighted by Crippen LogP contribution is 2.19. The lowest BCUT2D eigenvalue weighted by Crippen LogP contribution is -2.33. The highest BCUT2D eigenvalue weighted by Gasteiger charge is 2.18. The van der Waals surface area contributed by atoms with E-state index in [1.165, 1.54) is 18.4 Å². The fourth-order valence-corrected chi connectivity index (χ4v) is 2.76. The quantitative estimate of drug-likeness (QED) is 0.739. The first-order valence-electron chi connectivity index (χ1n) is 8.32. The summed E-state index contributed by atoms with van der Waals surface area (Å²) in [6.07, 6.45) is 3.51. The highest BCUT2D eigenvalue weighted by atomic mass is 16.1. The van der Waals surface area contributed by atoms with E-state index in [0.29, 0.717) is 17.8 Å². The molecule has 0 fully saturated rings. The molecular weight excluding hydrogens is 258 g/mol. The van der Waals surface area contributed by atoms with E-state index in [1.807, 2.05) is 12.1 Å². The minimum Gasteiger partial charge on any atom is -0.352 e. The zero-order chi connectivity index (χ0) is 15.8. The molecule has 1 rings (SSSR count). The van der Waals surface area contributed by atoms with E-state index in [0.717, 1.165) is 18.5 Å². The predicted molar refractivity (Wildman–Crippen MR) is 90.6 cm³/mol. The van der Waals surface area contributed by atoms with Crippen molar-refractivity contribution in [2.24, 2.45) is 17.8 Å². The van der Waals surface area contributed by atoms with Gasteiger partial charge in [0.15, 0.2) is 0 Å². The number of benzene rings is 1. The fraction of sp³-hybridized carbons (Fsp3) is 0.632. The van der Waals surface area contributed by atoms with Gasteiger partial charge in [-0.05, 0) is 48.3 Å². The van der Waals surface area contributed by atoms with Gasteiger partial charge < -0.3 is 5.32 Å². The van der Waals surface area contributed by atoms with E-state index in [-0.39, 0.29) is 5.91 Å². The van der Waals surface area contributed by atoms with Crippen molar-refractivity contribution in [1.82, 2.24) is 5.32 Å². The third-order valence-electron chi connectivity index (χ3n) is 4.25. The zero-order valence-corrected chi connectivity index (χ0v) is 14.3. The van der Waals surface area contributed by atoms with Crippen LogP contribution in [0.2, 0.25) is 0 Å². The van der Waals surface area contributed by atoms with Gasteiger partial charge in [0.2, 0.25) is 0 Å². The molecule has 0 unspecified atom stereocenters. The summed E-state index contributed by atoms with van der Waals surface area (Å²) in [7, 11) is 0. The molecule has 0 spiro atoms. The largest absolute Gasteiger partial charge is 0.352 e. The van der Waals surface area contributed by atoms with Gasteiger partial charge in [-0.15, -0.1) is 0 Å². The number of nitrogens with one attached hydrogen (secondary N) is 1. The third-order valence-corrected chi connectivity index (χ3v) is 4.25. The van der Waals surface area contributed by atoms with Gasteiger partial charge in [0.25, 0.3) is 5.91 Å². The Hall–Kier alpha value is -1.31. The number of carbonyl (C=O) groups is 1. The molecule has 1 aromatic rings. The summed E-state index contributed by atoms with van der Waals surface area (Å²) in [5.74, 6) is 1.74. The number of unbranched alkanes of at least 4 members (excludes halogenated alkanes) is 1. The Morgan fingerprint density at radius 2 is 1.62 bits per heavy atom. The van der Waals surface area contributed by atoms with Crippen LogP contribution in [-0.4, -0.2) is 12.5 Å². The normalized spacial score (nSPS) is 11.4. The van der Waals surface area contributed by atoms with E-state index in [2.05, 4.69) is 52.1 Å². The Balaban J connectivity index is 2.55. The van der Waals surface area contributed by atoms with Crippen LogP contribution in [0.15, 0.2) is 24.3 Å². The molecule has 2 heteroatoms. The second kappa shape index (κ2) is 8.86. The van der Waals surface area contributed by atoms with Gasteiger partial charge in [0, 0.05) is 12.1 Å². The van der Waals surface area contributed by atoms with E-state index in [9.17, 15) is 4.79 Å². The van der Waals surface area contributed by atoms with Gasteiger partial charge in [0.1, 0.15) is 0 Å². The Bertz CT molecular complexity index is 412. The first kappa shape index (κ1) is 17.7. The van der Waals surface area contributed by atoms with Crippen LogP contribution >= 0.6 is 0 Å². The van der Waals surface area contributed by atoms with Gasteiger partial charge >= 0.3 is 0 Å². The molecule has 0 bridgehead atoms. The minimum atomic E-state index is 0.0448. The first-order valence-corrected chi connectivity index (χ1v) is 8.32. The van der Waals surface area contributed by atoms with Crippen molar-refractivity contribution < 1.29 is 4.79 Å². The number of aryl methyl sites for hydroxylation is 1. The molecule has 0 aliphatic carbocycles. The molecule has 0 radical (unpaired) electrons. The summed E-state index contributed by atoms with van der Waals surface area (Å²) < 4.78 is 0.